The van der Waals surface area contributed by atoms with Crippen molar-refractivity contribution < 1.29 is 9.53 Å². The Morgan fingerprint density at radius 3 is 2.94 bits per heavy atom. The molecule has 0 aliphatic rings. The molecule has 0 fully saturated rings. The summed E-state index contributed by atoms with van der Waals surface area (Å²) < 4.78 is 5.66. The number of amides is 1. The van der Waals surface area contributed by atoms with Crippen molar-refractivity contribution in [3.05, 3.63) is 27.7 Å². The third-order valence-electron chi connectivity index (χ3n) is 1.97. The van der Waals surface area contributed by atoms with Crippen LogP contribution in [0.3, 0.4) is 0 Å². The van der Waals surface area contributed by atoms with Crippen molar-refractivity contribution in [2.75, 3.05) is 32.1 Å². The van der Waals surface area contributed by atoms with Crippen molar-refractivity contribution in [2.45, 2.75) is 0 Å². The van der Waals surface area contributed by atoms with Gasteiger partial charge in [0, 0.05) is 23.8 Å². The molecule has 0 unspecified atom stereocenters. The number of carbonyl (C=O) groups excluding carboxylic acids is 1. The fourth-order valence-electron chi connectivity index (χ4n) is 1.16. The maximum absolute atomic E-state index is 11.5. The topological polar surface area (TPSA) is 50.4 Å². The summed E-state index contributed by atoms with van der Waals surface area (Å²) in [4.78, 5) is 11.5. The lowest BCUT2D eigenvalue weighted by Gasteiger charge is -2.07. The molecule has 1 amide bonds. The molecule has 0 atom stereocenters. The zero-order valence-corrected chi connectivity index (χ0v) is 11.8. The average molecular weight is 322 g/mol. The van der Waals surface area contributed by atoms with Gasteiger partial charge >= 0.3 is 0 Å². The summed E-state index contributed by atoms with van der Waals surface area (Å²) in [5.74, 6) is -0.112. The van der Waals surface area contributed by atoms with Crippen molar-refractivity contribution >= 4 is 39.1 Å². The van der Waals surface area contributed by atoms with Crippen LogP contribution in [0.5, 0.6) is 0 Å². The first-order valence-electron chi connectivity index (χ1n) is 5.08. The van der Waals surface area contributed by atoms with Gasteiger partial charge in [-0.05, 0) is 34.1 Å². The normalized spacial score (nSPS) is 10.3. The molecule has 6 heteroatoms. The molecule has 1 aromatic rings. The third kappa shape index (κ3) is 5.50. The third-order valence-corrected chi connectivity index (χ3v) is 3.20. The molecule has 17 heavy (non-hydrogen) atoms. The largest absolute Gasteiger partial charge is 0.383 e. The molecule has 0 aliphatic carbocycles. The molecule has 0 saturated heterocycles. The lowest BCUT2D eigenvalue weighted by Crippen LogP contribution is -2.30. The van der Waals surface area contributed by atoms with Crippen molar-refractivity contribution in [3.63, 3.8) is 0 Å². The number of anilines is 1. The first-order valence-corrected chi connectivity index (χ1v) is 6.25. The van der Waals surface area contributed by atoms with Gasteiger partial charge < -0.3 is 15.4 Å². The van der Waals surface area contributed by atoms with E-state index in [0.29, 0.717) is 23.9 Å². The minimum Gasteiger partial charge on any atom is -0.383 e. The summed E-state index contributed by atoms with van der Waals surface area (Å²) in [5, 5.41) is 6.26. The Morgan fingerprint density at radius 2 is 2.29 bits per heavy atom. The van der Waals surface area contributed by atoms with E-state index in [1.165, 1.54) is 0 Å². The molecule has 0 radical (unpaired) electrons. The van der Waals surface area contributed by atoms with Crippen molar-refractivity contribution in [1.82, 2.24) is 5.32 Å². The first kappa shape index (κ1) is 14.4. The number of halogens is 2. The standard InChI is InChI=1S/C11H14BrClN2O2/c1-17-5-4-14-7-11(16)15-8-2-3-9(12)10(13)6-8/h2-3,6,14H,4-5,7H2,1H3,(H,15,16). The molecular formula is C11H14BrClN2O2. The summed E-state index contributed by atoms with van der Waals surface area (Å²) >= 11 is 9.20. The van der Waals surface area contributed by atoms with E-state index < -0.39 is 0 Å². The summed E-state index contributed by atoms with van der Waals surface area (Å²) in [5.41, 5.74) is 0.678. The van der Waals surface area contributed by atoms with Crippen LogP contribution in [-0.2, 0) is 9.53 Å². The molecule has 94 valence electrons. The highest BCUT2D eigenvalue weighted by Crippen LogP contribution is 2.25. The van der Waals surface area contributed by atoms with Crippen molar-refractivity contribution in [3.8, 4) is 0 Å². The number of ether oxygens (including phenoxy) is 1. The van der Waals surface area contributed by atoms with Gasteiger partial charge in [0.15, 0.2) is 0 Å². The Balaban J connectivity index is 2.37. The van der Waals surface area contributed by atoms with Gasteiger partial charge in [0.2, 0.25) is 5.91 Å². The van der Waals surface area contributed by atoms with E-state index in [0.717, 1.165) is 4.47 Å². The monoisotopic (exact) mass is 320 g/mol. The maximum atomic E-state index is 11.5. The minimum atomic E-state index is -0.112. The van der Waals surface area contributed by atoms with Crippen LogP contribution in [-0.4, -0.2) is 32.7 Å². The lowest BCUT2D eigenvalue weighted by atomic mass is 10.3. The highest BCUT2D eigenvalue weighted by Gasteiger charge is 2.03. The van der Waals surface area contributed by atoms with Crippen LogP contribution in [0.1, 0.15) is 0 Å². The fourth-order valence-corrected chi connectivity index (χ4v) is 1.58. The van der Waals surface area contributed by atoms with E-state index in [4.69, 9.17) is 16.3 Å². The smallest absolute Gasteiger partial charge is 0.238 e. The van der Waals surface area contributed by atoms with Gasteiger partial charge in [-0.1, -0.05) is 11.6 Å². The van der Waals surface area contributed by atoms with Gasteiger partial charge in [0.05, 0.1) is 18.2 Å². The molecule has 0 spiro atoms. The van der Waals surface area contributed by atoms with Crippen LogP contribution in [0.2, 0.25) is 5.02 Å². The number of methoxy groups -OCH3 is 1. The van der Waals surface area contributed by atoms with Gasteiger partial charge in [-0.3, -0.25) is 4.79 Å². The Kier molecular flexibility index (Phi) is 6.50. The molecule has 0 bridgehead atoms. The SMILES string of the molecule is COCCNCC(=O)Nc1ccc(Br)c(Cl)c1. The number of benzene rings is 1. The predicted octanol–water partition coefficient (Wildman–Crippen LogP) is 2.28. The minimum absolute atomic E-state index is 0.112. The second-order valence-corrected chi connectivity index (χ2v) is 4.61. The second-order valence-electron chi connectivity index (χ2n) is 3.35. The van der Waals surface area contributed by atoms with Crippen LogP contribution in [0, 0.1) is 0 Å². The van der Waals surface area contributed by atoms with E-state index in [1.807, 2.05) is 0 Å². The molecular weight excluding hydrogens is 307 g/mol. The second kappa shape index (κ2) is 7.66. The van der Waals surface area contributed by atoms with E-state index >= 15 is 0 Å². The number of rotatable bonds is 6. The zero-order chi connectivity index (χ0) is 12.7. The molecule has 1 aromatic carbocycles. The molecule has 0 aliphatic heterocycles. The quantitative estimate of drug-likeness (QED) is 0.790. The molecule has 0 heterocycles. The van der Waals surface area contributed by atoms with Crippen LogP contribution in [0.25, 0.3) is 0 Å². The lowest BCUT2D eigenvalue weighted by molar-refractivity contribution is -0.115. The average Bonchev–Trinajstić information content (AvgIpc) is 2.30. The highest BCUT2D eigenvalue weighted by molar-refractivity contribution is 9.10. The van der Waals surface area contributed by atoms with Gasteiger partial charge in [-0.25, -0.2) is 0 Å². The predicted molar refractivity (Wildman–Crippen MR) is 72.5 cm³/mol. The highest BCUT2D eigenvalue weighted by atomic mass is 79.9. The number of hydrogen-bond donors (Lipinski definition) is 2. The van der Waals surface area contributed by atoms with Crippen molar-refractivity contribution in [2.24, 2.45) is 0 Å². The van der Waals surface area contributed by atoms with E-state index in [-0.39, 0.29) is 12.5 Å². The molecule has 0 saturated carbocycles. The van der Waals surface area contributed by atoms with E-state index in [2.05, 4.69) is 26.6 Å². The number of carbonyl (C=O) groups is 1. The first-order chi connectivity index (χ1) is 8.13. The molecule has 2 N–H and O–H groups in total. The van der Waals surface area contributed by atoms with Crippen LogP contribution in [0.15, 0.2) is 22.7 Å². The molecule has 1 rings (SSSR count). The van der Waals surface area contributed by atoms with Gasteiger partial charge in [-0.2, -0.15) is 0 Å². The van der Waals surface area contributed by atoms with Gasteiger partial charge in [0.25, 0.3) is 0 Å². The van der Waals surface area contributed by atoms with Crippen LogP contribution >= 0.6 is 27.5 Å². The Bertz CT molecular complexity index is 388. The van der Waals surface area contributed by atoms with E-state index in [9.17, 15) is 4.79 Å². The Labute approximate surface area is 114 Å². The van der Waals surface area contributed by atoms with E-state index in [1.54, 1.807) is 25.3 Å². The number of nitrogens with one attached hydrogen (secondary N) is 2. The Morgan fingerprint density at radius 1 is 1.53 bits per heavy atom. The summed E-state index contributed by atoms with van der Waals surface area (Å²) in [6.45, 7) is 1.47. The van der Waals surface area contributed by atoms with Gasteiger partial charge in [0.1, 0.15) is 0 Å². The van der Waals surface area contributed by atoms with Crippen molar-refractivity contribution in [1.29, 1.82) is 0 Å². The maximum Gasteiger partial charge on any atom is 0.238 e. The summed E-state index contributed by atoms with van der Waals surface area (Å²) in [6, 6.07) is 5.26. The summed E-state index contributed by atoms with van der Waals surface area (Å²) in [6.07, 6.45) is 0. The van der Waals surface area contributed by atoms with Crippen LogP contribution in [0.4, 0.5) is 5.69 Å². The Hall–Kier alpha value is -0.620. The molecule has 4 nitrogen and oxygen atoms in total. The molecule has 0 aromatic heterocycles. The zero-order valence-electron chi connectivity index (χ0n) is 9.43. The number of hydrogen-bond acceptors (Lipinski definition) is 3. The summed E-state index contributed by atoms with van der Waals surface area (Å²) in [7, 11) is 1.62. The fraction of sp³-hybridized carbons (Fsp3) is 0.364. The van der Waals surface area contributed by atoms with Crippen LogP contribution < -0.4 is 10.6 Å². The van der Waals surface area contributed by atoms with Gasteiger partial charge in [-0.15, -0.1) is 0 Å².